The van der Waals surface area contributed by atoms with E-state index in [1.54, 1.807) is 0 Å². The van der Waals surface area contributed by atoms with E-state index in [1.807, 2.05) is 42.5 Å². The fraction of sp³-hybridized carbons (Fsp3) is 0.214. The van der Waals surface area contributed by atoms with Crippen LogP contribution in [-0.4, -0.2) is 18.7 Å². The largest absolute Gasteiger partial charge is 0.392 e. The van der Waals surface area contributed by atoms with Gasteiger partial charge in [0.25, 0.3) is 0 Å². The first kappa shape index (κ1) is 14.9. The third-order valence-electron chi connectivity index (χ3n) is 3.21. The molecule has 0 aromatic heterocycles. The fourth-order valence-corrected chi connectivity index (χ4v) is 3.20. The number of hydrogen-bond donors (Lipinski definition) is 2. The van der Waals surface area contributed by atoms with E-state index in [0.717, 1.165) is 16.3 Å². The molecule has 1 atom stereocenters. The smallest absolute Gasteiger partial charge is 0.221 e. The van der Waals surface area contributed by atoms with Crippen molar-refractivity contribution in [3.8, 4) is 0 Å². The molecule has 0 amide bonds. The van der Waals surface area contributed by atoms with Crippen LogP contribution in [0.5, 0.6) is 0 Å². The van der Waals surface area contributed by atoms with Crippen LogP contribution >= 0.6 is 12.2 Å². The SMILES string of the molecule is CC(C(N)=S)S(=O)(=O)NCc1cccc2ccccc12. The predicted octanol–water partition coefficient (Wildman–Crippen LogP) is 1.93. The van der Waals surface area contributed by atoms with Gasteiger partial charge >= 0.3 is 0 Å². The monoisotopic (exact) mass is 308 g/mol. The Morgan fingerprint density at radius 1 is 1.25 bits per heavy atom. The molecule has 0 saturated heterocycles. The van der Waals surface area contributed by atoms with E-state index in [4.69, 9.17) is 18.0 Å². The summed E-state index contributed by atoms with van der Waals surface area (Å²) in [4.78, 5) is -0.0320. The Morgan fingerprint density at radius 3 is 2.60 bits per heavy atom. The zero-order valence-corrected chi connectivity index (χ0v) is 12.7. The van der Waals surface area contributed by atoms with Crippen molar-refractivity contribution < 1.29 is 8.42 Å². The highest BCUT2D eigenvalue weighted by molar-refractivity contribution is 7.93. The van der Waals surface area contributed by atoms with E-state index in [1.165, 1.54) is 6.92 Å². The van der Waals surface area contributed by atoms with Gasteiger partial charge in [0.1, 0.15) is 5.25 Å². The van der Waals surface area contributed by atoms with Crippen LogP contribution in [0.3, 0.4) is 0 Å². The van der Waals surface area contributed by atoms with Gasteiger partial charge in [-0.3, -0.25) is 0 Å². The highest BCUT2D eigenvalue weighted by atomic mass is 32.2. The molecule has 20 heavy (non-hydrogen) atoms. The minimum absolute atomic E-state index is 0.0320. The molecule has 0 aliphatic carbocycles. The number of sulfonamides is 1. The van der Waals surface area contributed by atoms with Crippen molar-refractivity contribution in [2.45, 2.75) is 18.7 Å². The quantitative estimate of drug-likeness (QED) is 0.828. The van der Waals surface area contributed by atoms with Crippen LogP contribution in [0.25, 0.3) is 10.8 Å². The molecule has 0 aliphatic heterocycles. The van der Waals surface area contributed by atoms with Crippen molar-refractivity contribution in [1.29, 1.82) is 0 Å². The average Bonchev–Trinajstić information content (AvgIpc) is 2.44. The molecule has 0 saturated carbocycles. The van der Waals surface area contributed by atoms with Crippen molar-refractivity contribution >= 4 is 38.0 Å². The van der Waals surface area contributed by atoms with E-state index < -0.39 is 15.3 Å². The van der Waals surface area contributed by atoms with Gasteiger partial charge in [-0.25, -0.2) is 13.1 Å². The van der Waals surface area contributed by atoms with Gasteiger partial charge in [-0.05, 0) is 23.3 Å². The summed E-state index contributed by atoms with van der Waals surface area (Å²) in [6, 6.07) is 13.6. The van der Waals surface area contributed by atoms with Crippen LogP contribution in [0.15, 0.2) is 42.5 Å². The van der Waals surface area contributed by atoms with Gasteiger partial charge in [0.2, 0.25) is 10.0 Å². The third-order valence-corrected chi connectivity index (χ3v) is 5.44. The summed E-state index contributed by atoms with van der Waals surface area (Å²) in [6.45, 7) is 1.70. The third kappa shape index (κ3) is 3.15. The van der Waals surface area contributed by atoms with E-state index >= 15 is 0 Å². The Kier molecular flexibility index (Phi) is 4.37. The topological polar surface area (TPSA) is 72.2 Å². The molecular formula is C14H16N2O2S2. The van der Waals surface area contributed by atoms with E-state index in [0.29, 0.717) is 0 Å². The molecule has 2 rings (SSSR count). The lowest BCUT2D eigenvalue weighted by atomic mass is 10.1. The molecule has 2 aromatic carbocycles. The molecular weight excluding hydrogens is 292 g/mol. The Hall–Kier alpha value is -1.50. The number of fused-ring (bicyclic) bond motifs is 1. The van der Waals surface area contributed by atoms with Crippen molar-refractivity contribution in [2.24, 2.45) is 5.73 Å². The van der Waals surface area contributed by atoms with Gasteiger partial charge in [-0.1, -0.05) is 54.7 Å². The second-order valence-corrected chi connectivity index (χ2v) is 7.11. The Labute approximate surface area is 124 Å². The van der Waals surface area contributed by atoms with Crippen molar-refractivity contribution in [2.75, 3.05) is 0 Å². The molecule has 0 spiro atoms. The summed E-state index contributed by atoms with van der Waals surface area (Å²) in [5, 5.41) is 1.22. The molecule has 0 fully saturated rings. The lowest BCUT2D eigenvalue weighted by molar-refractivity contribution is 0.578. The van der Waals surface area contributed by atoms with Gasteiger partial charge < -0.3 is 5.73 Å². The summed E-state index contributed by atoms with van der Waals surface area (Å²) >= 11 is 4.73. The lowest BCUT2D eigenvalue weighted by Crippen LogP contribution is -2.39. The van der Waals surface area contributed by atoms with E-state index in [-0.39, 0.29) is 11.5 Å². The first-order chi connectivity index (χ1) is 9.42. The molecule has 0 aliphatic rings. The predicted molar refractivity (Wildman–Crippen MR) is 86.0 cm³/mol. The van der Waals surface area contributed by atoms with Crippen molar-refractivity contribution in [3.63, 3.8) is 0 Å². The Balaban J connectivity index is 2.24. The molecule has 2 aromatic rings. The minimum atomic E-state index is -3.54. The second kappa shape index (κ2) is 5.87. The van der Waals surface area contributed by atoms with E-state index in [2.05, 4.69) is 4.72 Å². The lowest BCUT2D eigenvalue weighted by Gasteiger charge is -2.13. The fourth-order valence-electron chi connectivity index (χ4n) is 1.90. The molecule has 0 radical (unpaired) electrons. The zero-order valence-electron chi connectivity index (χ0n) is 11.0. The van der Waals surface area contributed by atoms with Crippen LogP contribution in [0, 0.1) is 0 Å². The molecule has 0 heterocycles. The number of nitrogens with two attached hydrogens (primary N) is 1. The van der Waals surface area contributed by atoms with Crippen molar-refractivity contribution in [1.82, 2.24) is 4.72 Å². The van der Waals surface area contributed by atoms with Gasteiger partial charge in [0, 0.05) is 6.54 Å². The first-order valence-electron chi connectivity index (χ1n) is 6.16. The van der Waals surface area contributed by atoms with Gasteiger partial charge in [0.15, 0.2) is 0 Å². The summed E-state index contributed by atoms with van der Waals surface area (Å²) in [5.74, 6) is 0. The number of rotatable bonds is 5. The van der Waals surface area contributed by atoms with Crippen LogP contribution in [0.2, 0.25) is 0 Å². The maximum absolute atomic E-state index is 12.0. The summed E-state index contributed by atoms with van der Waals surface area (Å²) in [7, 11) is -3.54. The Bertz CT molecular complexity index is 736. The normalized spacial score (nSPS) is 13.2. The molecule has 3 N–H and O–H groups in total. The maximum atomic E-state index is 12.0. The van der Waals surface area contributed by atoms with Gasteiger partial charge in [0.05, 0.1) is 4.99 Å². The van der Waals surface area contributed by atoms with E-state index in [9.17, 15) is 8.42 Å². The standard InChI is InChI=1S/C14H16N2O2S2/c1-10(14(15)19)20(17,18)16-9-12-7-4-6-11-5-2-3-8-13(11)12/h2-8,10,16H,9H2,1H3,(H2,15,19). The summed E-state index contributed by atoms with van der Waals surface area (Å²) in [6.07, 6.45) is 0. The second-order valence-electron chi connectivity index (χ2n) is 4.55. The van der Waals surface area contributed by atoms with Crippen LogP contribution in [0.1, 0.15) is 12.5 Å². The highest BCUT2D eigenvalue weighted by Gasteiger charge is 2.22. The van der Waals surface area contributed by atoms with Crippen molar-refractivity contribution in [3.05, 3.63) is 48.0 Å². The summed E-state index contributed by atoms with van der Waals surface area (Å²) in [5.41, 5.74) is 6.31. The van der Waals surface area contributed by atoms with Gasteiger partial charge in [-0.2, -0.15) is 0 Å². The van der Waals surface area contributed by atoms with Crippen LogP contribution in [0.4, 0.5) is 0 Å². The summed E-state index contributed by atoms with van der Waals surface area (Å²) < 4.78 is 26.6. The minimum Gasteiger partial charge on any atom is -0.392 e. The number of nitrogens with one attached hydrogen (secondary N) is 1. The Morgan fingerprint density at radius 2 is 1.90 bits per heavy atom. The highest BCUT2D eigenvalue weighted by Crippen LogP contribution is 2.18. The number of hydrogen-bond acceptors (Lipinski definition) is 3. The number of benzene rings is 2. The molecule has 6 heteroatoms. The average molecular weight is 308 g/mol. The van der Waals surface area contributed by atoms with Crippen LogP contribution < -0.4 is 10.5 Å². The maximum Gasteiger partial charge on any atom is 0.221 e. The molecule has 106 valence electrons. The molecule has 4 nitrogen and oxygen atoms in total. The molecule has 0 bridgehead atoms. The zero-order chi connectivity index (χ0) is 14.8. The number of thiocarbonyl (C=S) groups is 1. The van der Waals surface area contributed by atoms with Gasteiger partial charge in [-0.15, -0.1) is 0 Å². The first-order valence-corrected chi connectivity index (χ1v) is 8.12. The molecule has 1 unspecified atom stereocenters. The van der Waals surface area contributed by atoms with Crippen LogP contribution in [-0.2, 0) is 16.6 Å².